The molecule has 0 amide bonds. The highest BCUT2D eigenvalue weighted by Gasteiger charge is 2.21. The van der Waals surface area contributed by atoms with Crippen molar-refractivity contribution in [1.82, 2.24) is 19.8 Å². The van der Waals surface area contributed by atoms with Gasteiger partial charge in [0.1, 0.15) is 5.82 Å². The van der Waals surface area contributed by atoms with Crippen LogP contribution in [0.5, 0.6) is 0 Å². The van der Waals surface area contributed by atoms with Crippen LogP contribution in [-0.2, 0) is 29.2 Å². The van der Waals surface area contributed by atoms with Gasteiger partial charge < -0.3 is 19.7 Å². The summed E-state index contributed by atoms with van der Waals surface area (Å²) in [6.45, 7) is 10.4. The summed E-state index contributed by atoms with van der Waals surface area (Å²) in [6.07, 6.45) is 3.82. The summed E-state index contributed by atoms with van der Waals surface area (Å²) in [4.78, 5) is 14.7. The number of anilines is 1. The lowest BCUT2D eigenvalue weighted by Crippen LogP contribution is -2.35. The number of aromatic nitrogens is 2. The van der Waals surface area contributed by atoms with Gasteiger partial charge in [0.15, 0.2) is 5.82 Å². The van der Waals surface area contributed by atoms with E-state index in [1.165, 1.54) is 31.5 Å². The van der Waals surface area contributed by atoms with Crippen LogP contribution in [0, 0.1) is 0 Å². The predicted molar refractivity (Wildman–Crippen MR) is 121 cm³/mol. The van der Waals surface area contributed by atoms with Crippen LogP contribution in [0.1, 0.15) is 36.1 Å². The molecule has 0 bridgehead atoms. The van der Waals surface area contributed by atoms with Crippen LogP contribution in [0.15, 0.2) is 24.3 Å². The monoisotopic (exact) mass is 423 g/mol. The minimum Gasteiger partial charge on any atom is -0.379 e. The lowest BCUT2D eigenvalue weighted by atomic mass is 10.1. The first-order valence-electron chi connectivity index (χ1n) is 11.7. The van der Waals surface area contributed by atoms with Crippen LogP contribution >= 0.6 is 0 Å². The van der Waals surface area contributed by atoms with Crippen molar-refractivity contribution in [2.75, 3.05) is 57.8 Å². The Morgan fingerprint density at radius 3 is 2.48 bits per heavy atom. The van der Waals surface area contributed by atoms with Crippen molar-refractivity contribution in [1.29, 1.82) is 0 Å². The fraction of sp³-hybridized carbons (Fsp3) is 0.583. The zero-order valence-electron chi connectivity index (χ0n) is 18.3. The number of rotatable bonds is 8. The first kappa shape index (κ1) is 20.8. The van der Waals surface area contributed by atoms with Crippen molar-refractivity contribution in [3.63, 3.8) is 0 Å². The van der Waals surface area contributed by atoms with Crippen molar-refractivity contribution < 1.29 is 9.47 Å². The van der Waals surface area contributed by atoms with Gasteiger partial charge in [0.2, 0.25) is 0 Å². The van der Waals surface area contributed by atoms with E-state index in [1.54, 1.807) is 0 Å². The van der Waals surface area contributed by atoms with Crippen molar-refractivity contribution in [3.05, 3.63) is 41.1 Å². The van der Waals surface area contributed by atoms with Gasteiger partial charge in [-0.3, -0.25) is 4.90 Å². The molecule has 166 valence electrons. The summed E-state index contributed by atoms with van der Waals surface area (Å²) in [5, 5.41) is 3.57. The van der Waals surface area contributed by atoms with E-state index in [2.05, 4.69) is 39.4 Å². The molecule has 1 aromatic carbocycles. The second kappa shape index (κ2) is 10.0. The number of hydrogen-bond acceptors (Lipinski definition) is 7. The fourth-order valence-electron chi connectivity index (χ4n) is 4.62. The molecule has 0 atom stereocenters. The molecular weight excluding hydrogens is 390 g/mol. The van der Waals surface area contributed by atoms with Crippen molar-refractivity contribution in [2.45, 2.75) is 39.0 Å². The zero-order valence-corrected chi connectivity index (χ0v) is 18.3. The Morgan fingerprint density at radius 1 is 0.871 bits per heavy atom. The Balaban J connectivity index is 1.24. The number of nitrogens with zero attached hydrogens (tertiary/aromatic N) is 4. The summed E-state index contributed by atoms with van der Waals surface area (Å²) in [5.41, 5.74) is 4.51. The van der Waals surface area contributed by atoms with Crippen LogP contribution in [0.25, 0.3) is 11.4 Å². The molecule has 0 radical (unpaired) electrons. The molecule has 3 aliphatic rings. The molecular formula is C24H33N5O2. The molecule has 2 aromatic rings. The Hall–Kier alpha value is -2.06. The molecule has 0 aliphatic carbocycles. The molecule has 2 fully saturated rings. The summed E-state index contributed by atoms with van der Waals surface area (Å²) < 4.78 is 11.1. The highest BCUT2D eigenvalue weighted by atomic mass is 16.5. The van der Waals surface area contributed by atoms with Gasteiger partial charge in [0, 0.05) is 37.3 Å². The smallest absolute Gasteiger partial charge is 0.161 e. The maximum Gasteiger partial charge on any atom is 0.161 e. The molecule has 1 aromatic heterocycles. The molecule has 7 nitrogen and oxygen atoms in total. The molecule has 3 aliphatic heterocycles. The first-order chi connectivity index (χ1) is 15.3. The number of likely N-dealkylation sites (tertiary alicyclic amines) is 1. The van der Waals surface area contributed by atoms with E-state index >= 15 is 0 Å². The Labute approximate surface area is 184 Å². The lowest BCUT2D eigenvalue weighted by Gasteiger charge is -2.26. The van der Waals surface area contributed by atoms with E-state index in [-0.39, 0.29) is 0 Å². The molecule has 2 saturated heterocycles. The molecule has 7 heteroatoms. The number of hydrogen-bond donors (Lipinski definition) is 1. The van der Waals surface area contributed by atoms with Crippen LogP contribution in [0.2, 0.25) is 0 Å². The van der Waals surface area contributed by atoms with Crippen LogP contribution in [0.4, 0.5) is 5.82 Å². The van der Waals surface area contributed by atoms with E-state index in [1.807, 2.05) is 0 Å². The zero-order chi connectivity index (χ0) is 20.9. The third-order valence-electron chi connectivity index (χ3n) is 6.44. The average Bonchev–Trinajstić information content (AvgIpc) is 3.50. The summed E-state index contributed by atoms with van der Waals surface area (Å²) >= 11 is 0. The van der Waals surface area contributed by atoms with Crippen molar-refractivity contribution >= 4 is 5.82 Å². The summed E-state index contributed by atoms with van der Waals surface area (Å²) in [7, 11) is 0. The first-order valence-corrected chi connectivity index (χ1v) is 11.7. The van der Waals surface area contributed by atoms with E-state index in [4.69, 9.17) is 19.4 Å². The van der Waals surface area contributed by atoms with E-state index in [0.29, 0.717) is 13.2 Å². The normalized spacial score (nSPS) is 19.6. The van der Waals surface area contributed by atoms with Gasteiger partial charge in [0.05, 0.1) is 32.1 Å². The van der Waals surface area contributed by atoms with Gasteiger partial charge in [-0.25, -0.2) is 9.97 Å². The molecule has 31 heavy (non-hydrogen) atoms. The summed E-state index contributed by atoms with van der Waals surface area (Å²) in [6, 6.07) is 8.68. The third kappa shape index (κ3) is 5.23. The van der Waals surface area contributed by atoms with E-state index in [0.717, 1.165) is 80.8 Å². The molecule has 5 rings (SSSR count). The Morgan fingerprint density at radius 2 is 1.68 bits per heavy atom. The number of nitrogens with one attached hydrogen (secondary N) is 1. The number of fused-ring (bicyclic) bond motifs is 1. The Kier molecular flexibility index (Phi) is 6.74. The SMILES string of the molecule is c1cc(-c2nc3c(c(NCCCN4CCCC4)n2)COC3)ccc1CN1CCOCC1. The molecule has 4 heterocycles. The molecule has 1 N–H and O–H groups in total. The van der Waals surface area contributed by atoms with Crippen LogP contribution in [-0.4, -0.2) is 72.3 Å². The van der Waals surface area contributed by atoms with Crippen molar-refractivity contribution in [2.24, 2.45) is 0 Å². The standard InChI is InChI=1S/C24H33N5O2/c1-2-10-28(9-1)11-3-8-25-24-21-17-31-18-22(21)26-23(27-24)20-6-4-19(5-7-20)16-29-12-14-30-15-13-29/h4-7H,1-3,8-18H2,(H,25,26,27). The maximum atomic E-state index is 5.67. The van der Waals surface area contributed by atoms with E-state index < -0.39 is 0 Å². The average molecular weight is 424 g/mol. The minimum atomic E-state index is 0.572. The second-order valence-corrected chi connectivity index (χ2v) is 8.73. The molecule has 0 saturated carbocycles. The Bertz CT molecular complexity index is 861. The predicted octanol–water partition coefficient (Wildman–Crippen LogP) is 2.90. The van der Waals surface area contributed by atoms with Crippen LogP contribution in [0.3, 0.4) is 0 Å². The van der Waals surface area contributed by atoms with Crippen molar-refractivity contribution in [3.8, 4) is 11.4 Å². The van der Waals surface area contributed by atoms with Gasteiger partial charge in [0.25, 0.3) is 0 Å². The largest absolute Gasteiger partial charge is 0.379 e. The van der Waals surface area contributed by atoms with Gasteiger partial charge in [-0.2, -0.15) is 0 Å². The highest BCUT2D eigenvalue weighted by Crippen LogP contribution is 2.28. The van der Waals surface area contributed by atoms with E-state index in [9.17, 15) is 0 Å². The molecule has 0 spiro atoms. The number of morpholine rings is 1. The van der Waals surface area contributed by atoms with Gasteiger partial charge >= 0.3 is 0 Å². The van der Waals surface area contributed by atoms with Gasteiger partial charge in [-0.1, -0.05) is 24.3 Å². The third-order valence-corrected chi connectivity index (χ3v) is 6.44. The maximum absolute atomic E-state index is 5.67. The summed E-state index contributed by atoms with van der Waals surface area (Å²) in [5.74, 6) is 1.72. The topological polar surface area (TPSA) is 62.8 Å². The number of ether oxygens (including phenoxy) is 2. The second-order valence-electron chi connectivity index (χ2n) is 8.73. The lowest BCUT2D eigenvalue weighted by molar-refractivity contribution is 0.0342. The van der Waals surface area contributed by atoms with Gasteiger partial charge in [-0.15, -0.1) is 0 Å². The fourth-order valence-corrected chi connectivity index (χ4v) is 4.62. The molecule has 0 unspecified atom stereocenters. The minimum absolute atomic E-state index is 0.572. The quantitative estimate of drug-likeness (QED) is 0.655. The highest BCUT2D eigenvalue weighted by molar-refractivity contribution is 5.60. The van der Waals surface area contributed by atoms with Crippen LogP contribution < -0.4 is 5.32 Å². The number of benzene rings is 1. The van der Waals surface area contributed by atoms with Gasteiger partial charge in [-0.05, 0) is 44.5 Å².